The molecule has 0 amide bonds. The fourth-order valence-corrected chi connectivity index (χ4v) is 2.99. The summed E-state index contributed by atoms with van der Waals surface area (Å²) in [6.45, 7) is 2.03. The molecular formula is C19H17ClO4. The second kappa shape index (κ2) is 7.05. The van der Waals surface area contributed by atoms with Crippen LogP contribution >= 0.6 is 11.6 Å². The first-order chi connectivity index (χ1) is 11.6. The van der Waals surface area contributed by atoms with E-state index in [4.69, 9.17) is 21.1 Å². The lowest BCUT2D eigenvalue weighted by molar-refractivity contribution is -0.146. The quantitative estimate of drug-likeness (QED) is 0.784. The Kier molecular flexibility index (Phi) is 4.86. The Hall–Kier alpha value is -2.33. The summed E-state index contributed by atoms with van der Waals surface area (Å²) < 4.78 is 10.9. The van der Waals surface area contributed by atoms with Crippen LogP contribution in [-0.2, 0) is 14.3 Å². The first-order valence-electron chi connectivity index (χ1n) is 7.80. The molecule has 0 N–H and O–H groups in total. The normalized spacial score (nSPS) is 19.3. The average Bonchev–Trinajstić information content (AvgIpc) is 2.58. The monoisotopic (exact) mass is 344 g/mol. The van der Waals surface area contributed by atoms with Crippen molar-refractivity contribution < 1.29 is 19.1 Å². The lowest BCUT2D eigenvalue weighted by atomic mass is 9.84. The van der Waals surface area contributed by atoms with Gasteiger partial charge in [0, 0.05) is 10.6 Å². The molecule has 2 atom stereocenters. The maximum absolute atomic E-state index is 12.9. The summed E-state index contributed by atoms with van der Waals surface area (Å²) in [5, 5.41) is 0.588. The zero-order chi connectivity index (χ0) is 17.1. The summed E-state index contributed by atoms with van der Waals surface area (Å²) in [4.78, 5) is 24.9. The second-order valence-electron chi connectivity index (χ2n) is 5.55. The largest absolute Gasteiger partial charge is 0.478 e. The summed E-state index contributed by atoms with van der Waals surface area (Å²) in [6.07, 6.45) is -0.742. The molecule has 2 aromatic carbocycles. The van der Waals surface area contributed by atoms with Crippen LogP contribution in [0.3, 0.4) is 0 Å². The van der Waals surface area contributed by atoms with Gasteiger partial charge in [0.1, 0.15) is 5.75 Å². The molecule has 24 heavy (non-hydrogen) atoms. The van der Waals surface area contributed by atoms with Gasteiger partial charge in [0.25, 0.3) is 0 Å². The number of fused-ring (bicyclic) bond motifs is 1. The molecule has 0 fully saturated rings. The molecule has 4 nitrogen and oxygen atoms in total. The number of Topliss-reactive ketones (excluding diaryl/α,β-unsaturated/α-hetero) is 1. The number of para-hydroxylation sites is 1. The van der Waals surface area contributed by atoms with Crippen LogP contribution in [0.25, 0.3) is 0 Å². The molecule has 1 aliphatic rings. The van der Waals surface area contributed by atoms with E-state index < -0.39 is 12.0 Å². The number of esters is 1. The van der Waals surface area contributed by atoms with E-state index >= 15 is 0 Å². The van der Waals surface area contributed by atoms with Crippen molar-refractivity contribution in [3.05, 3.63) is 64.7 Å². The van der Waals surface area contributed by atoms with Crippen molar-refractivity contribution in [3.63, 3.8) is 0 Å². The van der Waals surface area contributed by atoms with Crippen LogP contribution in [0.2, 0.25) is 5.02 Å². The highest BCUT2D eigenvalue weighted by molar-refractivity contribution is 6.30. The van der Waals surface area contributed by atoms with Crippen molar-refractivity contribution in [1.82, 2.24) is 0 Å². The van der Waals surface area contributed by atoms with Gasteiger partial charge in [0.15, 0.2) is 11.9 Å². The third kappa shape index (κ3) is 3.29. The lowest BCUT2D eigenvalue weighted by Crippen LogP contribution is -2.31. The molecular weight excluding hydrogens is 328 g/mol. The molecule has 0 saturated heterocycles. The Morgan fingerprint density at radius 3 is 2.58 bits per heavy atom. The summed E-state index contributed by atoms with van der Waals surface area (Å²) in [6, 6.07) is 14.3. The maximum atomic E-state index is 12.9. The van der Waals surface area contributed by atoms with Gasteiger partial charge in [0.2, 0.25) is 0 Å². The lowest BCUT2D eigenvalue weighted by Gasteiger charge is -2.30. The van der Waals surface area contributed by atoms with Crippen LogP contribution in [0.4, 0.5) is 0 Å². The van der Waals surface area contributed by atoms with Crippen molar-refractivity contribution in [2.75, 3.05) is 6.61 Å². The third-order valence-corrected chi connectivity index (χ3v) is 4.24. The minimum atomic E-state index is -0.753. The Morgan fingerprint density at radius 2 is 1.88 bits per heavy atom. The Labute approximate surface area is 145 Å². The zero-order valence-electron chi connectivity index (χ0n) is 13.2. The molecule has 1 aliphatic heterocycles. The van der Waals surface area contributed by atoms with Gasteiger partial charge >= 0.3 is 5.97 Å². The van der Waals surface area contributed by atoms with Crippen molar-refractivity contribution >= 4 is 23.4 Å². The molecule has 0 aromatic heterocycles. The average molecular weight is 345 g/mol. The number of carbonyl (C=O) groups excluding carboxylic acids is 2. The SMILES string of the molecule is CCOC(=O)CC1C(=O)C(c2ccc(Cl)cc2)Oc2ccccc21. The molecule has 0 saturated carbocycles. The number of hydrogen-bond donors (Lipinski definition) is 0. The first kappa shape index (κ1) is 16.5. The second-order valence-corrected chi connectivity index (χ2v) is 5.99. The van der Waals surface area contributed by atoms with Crippen LogP contribution < -0.4 is 4.74 Å². The molecule has 2 unspecified atom stereocenters. The third-order valence-electron chi connectivity index (χ3n) is 3.99. The Bertz CT molecular complexity index is 754. The van der Waals surface area contributed by atoms with E-state index in [1.54, 1.807) is 31.2 Å². The molecule has 1 heterocycles. The topological polar surface area (TPSA) is 52.6 Å². The van der Waals surface area contributed by atoms with E-state index in [0.29, 0.717) is 22.9 Å². The summed E-state index contributed by atoms with van der Waals surface area (Å²) in [7, 11) is 0. The van der Waals surface area contributed by atoms with Gasteiger partial charge in [-0.25, -0.2) is 0 Å². The van der Waals surface area contributed by atoms with E-state index in [-0.39, 0.29) is 18.2 Å². The van der Waals surface area contributed by atoms with Crippen molar-refractivity contribution in [3.8, 4) is 5.75 Å². The molecule has 124 valence electrons. The van der Waals surface area contributed by atoms with Crippen molar-refractivity contribution in [2.24, 2.45) is 0 Å². The molecule has 0 aliphatic carbocycles. The smallest absolute Gasteiger partial charge is 0.306 e. The number of benzene rings is 2. The van der Waals surface area contributed by atoms with E-state index in [0.717, 1.165) is 5.56 Å². The van der Waals surface area contributed by atoms with Crippen molar-refractivity contribution in [2.45, 2.75) is 25.4 Å². The van der Waals surface area contributed by atoms with Crippen LogP contribution in [-0.4, -0.2) is 18.4 Å². The number of ketones is 1. The molecule has 0 radical (unpaired) electrons. The van der Waals surface area contributed by atoms with E-state index in [1.807, 2.05) is 24.3 Å². The summed E-state index contributed by atoms with van der Waals surface area (Å²) in [5.41, 5.74) is 1.44. The van der Waals surface area contributed by atoms with Gasteiger partial charge in [-0.05, 0) is 30.7 Å². The molecule has 3 rings (SSSR count). The number of halogens is 1. The van der Waals surface area contributed by atoms with Gasteiger partial charge in [-0.15, -0.1) is 0 Å². The van der Waals surface area contributed by atoms with E-state index in [1.165, 1.54) is 0 Å². The number of rotatable bonds is 4. The fourth-order valence-electron chi connectivity index (χ4n) is 2.86. The Balaban J connectivity index is 1.96. The predicted molar refractivity (Wildman–Crippen MR) is 90.3 cm³/mol. The van der Waals surface area contributed by atoms with Crippen molar-refractivity contribution in [1.29, 1.82) is 0 Å². The predicted octanol–water partition coefficient (Wildman–Crippen LogP) is 4.08. The standard InChI is InChI=1S/C19H17ClO4/c1-2-23-17(21)11-15-14-5-3-4-6-16(14)24-19(18(15)22)12-7-9-13(20)10-8-12/h3-10,15,19H,2,11H2,1H3. The molecule has 0 bridgehead atoms. The molecule has 0 spiro atoms. The highest BCUT2D eigenvalue weighted by Crippen LogP contribution is 2.41. The zero-order valence-corrected chi connectivity index (χ0v) is 14.0. The van der Waals surface area contributed by atoms with Crippen LogP contribution in [0.15, 0.2) is 48.5 Å². The number of ether oxygens (including phenoxy) is 2. The van der Waals surface area contributed by atoms with Gasteiger partial charge in [-0.3, -0.25) is 9.59 Å². The Morgan fingerprint density at radius 1 is 1.17 bits per heavy atom. The molecule has 5 heteroatoms. The highest BCUT2D eigenvalue weighted by atomic mass is 35.5. The van der Waals surface area contributed by atoms with Crippen LogP contribution in [0, 0.1) is 0 Å². The van der Waals surface area contributed by atoms with Gasteiger partial charge < -0.3 is 9.47 Å². The minimum Gasteiger partial charge on any atom is -0.478 e. The van der Waals surface area contributed by atoms with Crippen LogP contribution in [0.5, 0.6) is 5.75 Å². The fraction of sp³-hybridized carbons (Fsp3) is 0.263. The van der Waals surface area contributed by atoms with E-state index in [9.17, 15) is 9.59 Å². The van der Waals surface area contributed by atoms with E-state index in [2.05, 4.69) is 0 Å². The van der Waals surface area contributed by atoms with Gasteiger partial charge in [-0.1, -0.05) is 41.9 Å². The maximum Gasteiger partial charge on any atom is 0.306 e. The van der Waals surface area contributed by atoms with Gasteiger partial charge in [-0.2, -0.15) is 0 Å². The first-order valence-corrected chi connectivity index (χ1v) is 8.18. The summed E-state index contributed by atoms with van der Waals surface area (Å²) in [5.74, 6) is -0.493. The van der Waals surface area contributed by atoms with Crippen LogP contribution in [0.1, 0.15) is 36.5 Å². The highest BCUT2D eigenvalue weighted by Gasteiger charge is 2.38. The molecule has 2 aromatic rings. The minimum absolute atomic E-state index is 0.0110. The van der Waals surface area contributed by atoms with Gasteiger partial charge in [0.05, 0.1) is 18.9 Å². The number of carbonyl (C=O) groups is 2. The summed E-state index contributed by atoms with van der Waals surface area (Å²) >= 11 is 5.91. The number of hydrogen-bond acceptors (Lipinski definition) is 4.